The minimum atomic E-state index is -1.11. The lowest BCUT2D eigenvalue weighted by Crippen LogP contribution is -2.51. The third-order valence-electron chi connectivity index (χ3n) is 12.5. The number of hydrogen-bond acceptors (Lipinski definition) is 4. The number of alkyl carbamates (subject to hydrolysis) is 1. The van der Waals surface area contributed by atoms with Gasteiger partial charge in [0.2, 0.25) is 0 Å². The van der Waals surface area contributed by atoms with Crippen molar-refractivity contribution in [3.05, 3.63) is 41.5 Å². The van der Waals surface area contributed by atoms with Crippen LogP contribution in [0.5, 0.6) is 5.75 Å². The third-order valence-corrected chi connectivity index (χ3v) is 12.5. The van der Waals surface area contributed by atoms with E-state index in [9.17, 15) is 19.8 Å². The summed E-state index contributed by atoms with van der Waals surface area (Å²) in [5, 5.41) is 21.8. The van der Waals surface area contributed by atoms with Crippen LogP contribution in [0.15, 0.2) is 35.9 Å². The Morgan fingerprint density at radius 1 is 1.00 bits per heavy atom. The van der Waals surface area contributed by atoms with Crippen molar-refractivity contribution in [3.8, 4) is 5.75 Å². The first-order valence-electron chi connectivity index (χ1n) is 17.1. The number of rotatable bonds is 10. The molecule has 9 atom stereocenters. The highest BCUT2D eigenvalue weighted by atomic mass is 16.6. The van der Waals surface area contributed by atoms with Gasteiger partial charge >= 0.3 is 12.1 Å². The summed E-state index contributed by atoms with van der Waals surface area (Å²) >= 11 is 0. The number of carboxylic acids is 1. The fourth-order valence-corrected chi connectivity index (χ4v) is 10.1. The summed E-state index contributed by atoms with van der Waals surface area (Å²) < 4.78 is 5.84. The number of phenols is 1. The molecule has 6 heteroatoms. The van der Waals surface area contributed by atoms with E-state index in [0.29, 0.717) is 11.3 Å². The zero-order chi connectivity index (χ0) is 30.9. The Kier molecular flexibility index (Phi) is 9.54. The normalized spacial score (nSPS) is 34.7. The molecule has 5 rings (SSSR count). The van der Waals surface area contributed by atoms with Crippen molar-refractivity contribution < 1.29 is 24.5 Å². The molecule has 43 heavy (non-hydrogen) atoms. The van der Waals surface area contributed by atoms with Gasteiger partial charge in [0, 0.05) is 12.8 Å². The smallest absolute Gasteiger partial charge is 0.408 e. The molecule has 3 fully saturated rings. The number of fused-ring (bicyclic) bond motifs is 5. The highest BCUT2D eigenvalue weighted by Crippen LogP contribution is 2.67. The van der Waals surface area contributed by atoms with Crippen LogP contribution in [-0.2, 0) is 16.0 Å². The van der Waals surface area contributed by atoms with Crippen LogP contribution in [0.2, 0.25) is 0 Å². The summed E-state index contributed by atoms with van der Waals surface area (Å²) in [7, 11) is 0. The van der Waals surface area contributed by atoms with Gasteiger partial charge < -0.3 is 20.3 Å². The molecule has 1 aromatic rings. The summed E-state index contributed by atoms with van der Waals surface area (Å²) in [5.41, 5.74) is 2.82. The fraction of sp³-hybridized carbons (Fsp3) is 0.730. The Morgan fingerprint density at radius 3 is 2.44 bits per heavy atom. The lowest BCUT2D eigenvalue weighted by molar-refractivity contribution is -0.139. The minimum absolute atomic E-state index is 0.118. The largest absolute Gasteiger partial charge is 0.508 e. The van der Waals surface area contributed by atoms with E-state index < -0.39 is 18.1 Å². The van der Waals surface area contributed by atoms with Gasteiger partial charge in [0.25, 0.3) is 0 Å². The summed E-state index contributed by atoms with van der Waals surface area (Å²) in [5.74, 6) is 3.77. The van der Waals surface area contributed by atoms with Crippen LogP contribution < -0.4 is 5.32 Å². The van der Waals surface area contributed by atoms with Gasteiger partial charge in [-0.1, -0.05) is 77.7 Å². The predicted molar refractivity (Wildman–Crippen MR) is 170 cm³/mol. The number of ether oxygens (including phenoxy) is 1. The number of benzene rings is 1. The zero-order valence-corrected chi connectivity index (χ0v) is 27.1. The van der Waals surface area contributed by atoms with E-state index >= 15 is 0 Å². The van der Waals surface area contributed by atoms with Gasteiger partial charge in [-0.05, 0) is 109 Å². The van der Waals surface area contributed by atoms with E-state index in [1.807, 2.05) is 0 Å². The van der Waals surface area contributed by atoms with Gasteiger partial charge in [-0.3, -0.25) is 0 Å². The molecular formula is C37H55NO5. The van der Waals surface area contributed by atoms with Gasteiger partial charge in [-0.2, -0.15) is 0 Å². The molecule has 0 aliphatic heterocycles. The zero-order valence-electron chi connectivity index (χ0n) is 27.1. The molecule has 0 heterocycles. The number of aliphatic carboxylic acids is 1. The maximum atomic E-state index is 12.8. The molecule has 7 unspecified atom stereocenters. The molecule has 1 aromatic carbocycles. The Morgan fingerprint density at radius 2 is 1.74 bits per heavy atom. The first-order chi connectivity index (χ1) is 20.4. The SMILES string of the molecule is CC(C)CCCC(C)C1CC[C@H]2C3CC=C4CC(OC(=O)NC(Cc5ccc(O)cc5)C(=O)O)CCC4(C)[C@H]3CCC12C. The van der Waals surface area contributed by atoms with Gasteiger partial charge in [-0.25, -0.2) is 9.59 Å². The van der Waals surface area contributed by atoms with Crippen LogP contribution in [0.25, 0.3) is 0 Å². The summed E-state index contributed by atoms with van der Waals surface area (Å²) in [4.78, 5) is 24.7. The molecule has 0 saturated heterocycles. The molecule has 0 aromatic heterocycles. The average Bonchev–Trinajstić information content (AvgIpc) is 3.31. The molecule has 3 N–H and O–H groups in total. The van der Waals surface area contributed by atoms with E-state index in [1.54, 1.807) is 12.1 Å². The standard InChI is InChI=1S/C37H55NO5/c1-23(2)7-6-8-24(3)30-15-16-31-29-14-11-26-22-28(17-19-36(26,4)32(29)18-20-37(30,31)5)43-35(42)38-33(34(40)41)21-25-9-12-27(39)13-10-25/h9-13,23-24,28-33,39H,6-8,14-22H2,1-5H3,(H,38,42)(H,40,41)/t24?,28?,29?,30?,31-,32-,33?,36?,37?/m0/s1. The van der Waals surface area contributed by atoms with Crippen molar-refractivity contribution in [1.29, 1.82) is 0 Å². The monoisotopic (exact) mass is 593 g/mol. The van der Waals surface area contributed by atoms with Gasteiger partial charge in [-0.15, -0.1) is 0 Å². The van der Waals surface area contributed by atoms with Crippen LogP contribution >= 0.6 is 0 Å². The first-order valence-corrected chi connectivity index (χ1v) is 17.1. The van der Waals surface area contributed by atoms with Crippen molar-refractivity contribution in [3.63, 3.8) is 0 Å². The summed E-state index contributed by atoms with van der Waals surface area (Å²) in [6.45, 7) is 12.3. The number of amides is 1. The van der Waals surface area contributed by atoms with Gasteiger partial charge in [0.15, 0.2) is 0 Å². The Hall–Kier alpha value is -2.50. The maximum Gasteiger partial charge on any atom is 0.408 e. The van der Waals surface area contributed by atoms with Crippen molar-refractivity contribution in [2.45, 2.75) is 124 Å². The summed E-state index contributed by atoms with van der Waals surface area (Å²) in [6.07, 6.45) is 15.0. The van der Waals surface area contributed by atoms with Gasteiger partial charge in [0.1, 0.15) is 17.9 Å². The first kappa shape index (κ1) is 31.9. The van der Waals surface area contributed by atoms with E-state index in [1.165, 1.54) is 62.7 Å². The minimum Gasteiger partial charge on any atom is -0.508 e. The van der Waals surface area contributed by atoms with Crippen LogP contribution in [0, 0.1) is 46.3 Å². The van der Waals surface area contributed by atoms with E-state index in [0.717, 1.165) is 60.8 Å². The van der Waals surface area contributed by atoms with E-state index in [-0.39, 0.29) is 23.7 Å². The summed E-state index contributed by atoms with van der Waals surface area (Å²) in [6, 6.07) is 5.27. The molecule has 4 aliphatic rings. The molecule has 0 bridgehead atoms. The predicted octanol–water partition coefficient (Wildman–Crippen LogP) is 8.52. The van der Waals surface area contributed by atoms with Crippen LogP contribution in [-0.4, -0.2) is 34.4 Å². The van der Waals surface area contributed by atoms with Crippen LogP contribution in [0.1, 0.15) is 111 Å². The van der Waals surface area contributed by atoms with Crippen LogP contribution in [0.4, 0.5) is 4.79 Å². The number of nitrogens with one attached hydrogen (secondary N) is 1. The second-order valence-corrected chi connectivity index (χ2v) is 15.5. The Labute approximate surface area is 259 Å². The number of phenolic OH excluding ortho intramolecular Hbond substituents is 1. The second kappa shape index (κ2) is 12.9. The Bertz CT molecular complexity index is 1180. The van der Waals surface area contributed by atoms with Gasteiger partial charge in [0.05, 0.1) is 0 Å². The number of carbonyl (C=O) groups is 2. The molecular weight excluding hydrogens is 538 g/mol. The molecule has 0 radical (unpaired) electrons. The van der Waals surface area contributed by atoms with Crippen molar-refractivity contribution in [2.75, 3.05) is 0 Å². The van der Waals surface area contributed by atoms with Crippen molar-refractivity contribution >= 4 is 12.1 Å². The number of aromatic hydroxyl groups is 1. The molecule has 3 saturated carbocycles. The average molecular weight is 594 g/mol. The highest BCUT2D eigenvalue weighted by molar-refractivity contribution is 5.80. The number of carboxylic acid groups (broad SMARTS) is 1. The molecule has 0 spiro atoms. The fourth-order valence-electron chi connectivity index (χ4n) is 10.1. The maximum absolute atomic E-state index is 12.8. The highest BCUT2D eigenvalue weighted by Gasteiger charge is 2.59. The van der Waals surface area contributed by atoms with Crippen LogP contribution in [0.3, 0.4) is 0 Å². The van der Waals surface area contributed by atoms with Crippen molar-refractivity contribution in [1.82, 2.24) is 5.32 Å². The van der Waals surface area contributed by atoms with Crippen molar-refractivity contribution in [2.24, 2.45) is 46.3 Å². The number of allylic oxidation sites excluding steroid dienone is 1. The second-order valence-electron chi connectivity index (χ2n) is 15.5. The molecule has 238 valence electrons. The lowest BCUT2D eigenvalue weighted by atomic mass is 9.47. The van der Waals surface area contributed by atoms with E-state index in [4.69, 9.17) is 4.74 Å². The third kappa shape index (κ3) is 6.63. The number of carbonyl (C=O) groups excluding carboxylic acids is 1. The molecule has 1 amide bonds. The molecule has 4 aliphatic carbocycles. The Balaban J connectivity index is 1.19. The molecule has 6 nitrogen and oxygen atoms in total. The lowest BCUT2D eigenvalue weighted by Gasteiger charge is -2.58. The topological polar surface area (TPSA) is 95.9 Å². The van der Waals surface area contributed by atoms with E-state index in [2.05, 4.69) is 46.0 Å². The number of hydrogen-bond donors (Lipinski definition) is 3. The quantitative estimate of drug-likeness (QED) is 0.236.